The van der Waals surface area contributed by atoms with Crippen molar-refractivity contribution in [2.75, 3.05) is 0 Å². The van der Waals surface area contributed by atoms with Crippen molar-refractivity contribution in [3.63, 3.8) is 0 Å². The first-order valence-corrected chi connectivity index (χ1v) is 5.31. The van der Waals surface area contributed by atoms with Crippen LogP contribution >= 0.6 is 11.6 Å². The minimum absolute atomic E-state index is 0.0531. The van der Waals surface area contributed by atoms with Gasteiger partial charge in [0.1, 0.15) is 5.82 Å². The average Bonchev–Trinajstić information content (AvgIpc) is 2.82. The molecular formula is C9H10ClN5O2. The molecule has 0 aromatic carbocycles. The molecule has 17 heavy (non-hydrogen) atoms. The molecule has 0 saturated heterocycles. The molecule has 7 nitrogen and oxygen atoms in total. The molecule has 2 aromatic rings. The highest BCUT2D eigenvalue weighted by Crippen LogP contribution is 2.21. The van der Waals surface area contributed by atoms with E-state index in [1.165, 1.54) is 10.9 Å². The second kappa shape index (κ2) is 4.54. The molecule has 2 rings (SSSR count). The van der Waals surface area contributed by atoms with Gasteiger partial charge in [-0.1, -0.05) is 11.6 Å². The van der Waals surface area contributed by atoms with Crippen LogP contribution in [-0.4, -0.2) is 24.3 Å². The molecule has 0 aliphatic rings. The first kappa shape index (κ1) is 11.6. The molecule has 0 atom stereocenters. The van der Waals surface area contributed by atoms with Crippen LogP contribution in [0.1, 0.15) is 5.82 Å². The minimum Gasteiger partial charge on any atom is -0.358 e. The number of hydrogen-bond acceptors (Lipinski definition) is 4. The lowest BCUT2D eigenvalue weighted by Gasteiger charge is -2.02. The van der Waals surface area contributed by atoms with Gasteiger partial charge in [0.15, 0.2) is 5.02 Å². The Morgan fingerprint density at radius 1 is 1.53 bits per heavy atom. The van der Waals surface area contributed by atoms with Crippen LogP contribution in [0.4, 0.5) is 5.82 Å². The number of imidazole rings is 1. The molecule has 2 aromatic heterocycles. The average molecular weight is 256 g/mol. The molecule has 0 radical (unpaired) electrons. The van der Waals surface area contributed by atoms with Crippen molar-refractivity contribution in [1.29, 1.82) is 0 Å². The van der Waals surface area contributed by atoms with Crippen LogP contribution in [0.25, 0.3) is 0 Å². The lowest BCUT2D eigenvalue weighted by molar-refractivity contribution is -0.389. The Morgan fingerprint density at radius 2 is 2.29 bits per heavy atom. The van der Waals surface area contributed by atoms with Gasteiger partial charge in [-0.05, 0) is 11.8 Å². The zero-order valence-corrected chi connectivity index (χ0v) is 9.83. The van der Waals surface area contributed by atoms with Gasteiger partial charge in [0.2, 0.25) is 0 Å². The van der Waals surface area contributed by atoms with Gasteiger partial charge in [0, 0.05) is 18.9 Å². The molecular weight excluding hydrogens is 246 g/mol. The summed E-state index contributed by atoms with van der Waals surface area (Å²) in [5, 5.41) is 14.4. The third kappa shape index (κ3) is 2.44. The van der Waals surface area contributed by atoms with E-state index in [4.69, 9.17) is 11.6 Å². The number of rotatable bonds is 4. The molecule has 0 bridgehead atoms. The van der Waals surface area contributed by atoms with Crippen molar-refractivity contribution < 1.29 is 4.92 Å². The molecule has 0 amide bonds. The maximum atomic E-state index is 10.6. The standard InChI is InChI=1S/C9H10ClN5O2/c1-7-11-2-3-13(7)4-5-14-6-8(10)9(12-14)15(16)17/h2-3,6H,4-5H2,1H3. The number of aromatic nitrogens is 4. The maximum Gasteiger partial charge on any atom is 0.408 e. The van der Waals surface area contributed by atoms with Crippen LogP contribution in [0.2, 0.25) is 5.02 Å². The van der Waals surface area contributed by atoms with Gasteiger partial charge >= 0.3 is 5.82 Å². The van der Waals surface area contributed by atoms with E-state index in [9.17, 15) is 10.1 Å². The maximum absolute atomic E-state index is 10.6. The van der Waals surface area contributed by atoms with E-state index in [2.05, 4.69) is 10.1 Å². The summed E-state index contributed by atoms with van der Waals surface area (Å²) in [4.78, 5) is 14.0. The van der Waals surface area contributed by atoms with Crippen LogP contribution in [0, 0.1) is 17.0 Å². The number of halogens is 1. The zero-order chi connectivity index (χ0) is 12.4. The van der Waals surface area contributed by atoms with Crippen molar-refractivity contribution >= 4 is 17.4 Å². The number of hydrogen-bond donors (Lipinski definition) is 0. The van der Waals surface area contributed by atoms with Crippen LogP contribution in [0.15, 0.2) is 18.6 Å². The summed E-state index contributed by atoms with van der Waals surface area (Å²) >= 11 is 5.69. The highest BCUT2D eigenvalue weighted by Gasteiger charge is 2.18. The summed E-state index contributed by atoms with van der Waals surface area (Å²) in [7, 11) is 0. The van der Waals surface area contributed by atoms with Gasteiger partial charge < -0.3 is 14.7 Å². The summed E-state index contributed by atoms with van der Waals surface area (Å²) in [5.41, 5.74) is 0. The first-order chi connectivity index (χ1) is 8.08. The largest absolute Gasteiger partial charge is 0.408 e. The predicted octanol–water partition coefficient (Wildman–Crippen LogP) is 1.65. The quantitative estimate of drug-likeness (QED) is 0.615. The summed E-state index contributed by atoms with van der Waals surface area (Å²) in [6.07, 6.45) is 4.99. The van der Waals surface area contributed by atoms with Gasteiger partial charge in [0.05, 0.1) is 17.8 Å². The normalized spacial score (nSPS) is 10.7. The molecule has 0 aliphatic carbocycles. The van der Waals surface area contributed by atoms with Crippen molar-refractivity contribution in [1.82, 2.24) is 19.3 Å². The van der Waals surface area contributed by atoms with Gasteiger partial charge in [-0.2, -0.15) is 4.68 Å². The van der Waals surface area contributed by atoms with E-state index >= 15 is 0 Å². The van der Waals surface area contributed by atoms with Crippen molar-refractivity contribution in [2.24, 2.45) is 0 Å². The molecule has 0 N–H and O–H groups in total. The molecule has 0 saturated carbocycles. The molecule has 90 valence electrons. The van der Waals surface area contributed by atoms with E-state index in [-0.39, 0.29) is 10.8 Å². The van der Waals surface area contributed by atoms with E-state index in [1.807, 2.05) is 17.7 Å². The highest BCUT2D eigenvalue weighted by molar-refractivity contribution is 6.32. The van der Waals surface area contributed by atoms with Gasteiger partial charge in [0.25, 0.3) is 0 Å². The van der Waals surface area contributed by atoms with E-state index in [1.54, 1.807) is 6.20 Å². The third-order valence-electron chi connectivity index (χ3n) is 2.37. The Labute approximate surface area is 102 Å². The number of aryl methyl sites for hydroxylation is 3. The zero-order valence-electron chi connectivity index (χ0n) is 9.08. The fourth-order valence-electron chi connectivity index (χ4n) is 1.48. The molecule has 2 heterocycles. The SMILES string of the molecule is Cc1nccn1CCn1cc(Cl)c([N+](=O)[O-])n1. The van der Waals surface area contributed by atoms with Gasteiger partial charge in [-0.3, -0.25) is 0 Å². The fraction of sp³-hybridized carbons (Fsp3) is 0.333. The number of nitrogens with zero attached hydrogens (tertiary/aromatic N) is 5. The van der Waals surface area contributed by atoms with Crippen LogP contribution in [-0.2, 0) is 13.1 Å². The second-order valence-corrected chi connectivity index (χ2v) is 3.90. The van der Waals surface area contributed by atoms with Crippen LogP contribution in [0.3, 0.4) is 0 Å². The summed E-state index contributed by atoms with van der Waals surface area (Å²) in [6, 6.07) is 0. The van der Waals surface area contributed by atoms with Gasteiger partial charge in [-0.25, -0.2) is 4.98 Å². The van der Waals surface area contributed by atoms with Crippen LogP contribution in [0.5, 0.6) is 0 Å². The fourth-order valence-corrected chi connectivity index (χ4v) is 1.69. The third-order valence-corrected chi connectivity index (χ3v) is 2.63. The molecule has 0 fully saturated rings. The van der Waals surface area contributed by atoms with Crippen molar-refractivity contribution in [3.05, 3.63) is 39.6 Å². The summed E-state index contributed by atoms with van der Waals surface area (Å²) in [5.74, 6) is 0.576. The lowest BCUT2D eigenvalue weighted by atomic mass is 10.5. The molecule has 8 heteroatoms. The molecule has 0 spiro atoms. The smallest absolute Gasteiger partial charge is 0.358 e. The monoisotopic (exact) mass is 255 g/mol. The minimum atomic E-state index is -0.596. The highest BCUT2D eigenvalue weighted by atomic mass is 35.5. The van der Waals surface area contributed by atoms with Gasteiger partial charge in [-0.15, -0.1) is 0 Å². The van der Waals surface area contributed by atoms with Crippen molar-refractivity contribution in [3.8, 4) is 0 Å². The Morgan fingerprint density at radius 3 is 2.82 bits per heavy atom. The Balaban J connectivity index is 2.07. The predicted molar refractivity (Wildman–Crippen MR) is 60.9 cm³/mol. The number of nitro groups is 1. The van der Waals surface area contributed by atoms with E-state index in [0.717, 1.165) is 5.82 Å². The second-order valence-electron chi connectivity index (χ2n) is 3.49. The van der Waals surface area contributed by atoms with Crippen molar-refractivity contribution in [2.45, 2.75) is 20.0 Å². The van der Waals surface area contributed by atoms with Crippen LogP contribution < -0.4 is 0 Å². The Kier molecular flexibility index (Phi) is 3.10. The lowest BCUT2D eigenvalue weighted by Crippen LogP contribution is -2.08. The van der Waals surface area contributed by atoms with E-state index in [0.29, 0.717) is 13.1 Å². The first-order valence-electron chi connectivity index (χ1n) is 4.93. The summed E-state index contributed by atoms with van der Waals surface area (Å²) in [6.45, 7) is 3.03. The summed E-state index contributed by atoms with van der Waals surface area (Å²) < 4.78 is 3.39. The van der Waals surface area contributed by atoms with E-state index < -0.39 is 4.92 Å². The Bertz CT molecular complexity index is 547. The Hall–Kier alpha value is -1.89. The molecule has 0 aliphatic heterocycles. The molecule has 0 unspecified atom stereocenters. The topological polar surface area (TPSA) is 78.8 Å².